The predicted octanol–water partition coefficient (Wildman–Crippen LogP) is 6.78. The van der Waals surface area contributed by atoms with Gasteiger partial charge in [0, 0.05) is 0 Å². The van der Waals surface area contributed by atoms with Gasteiger partial charge in [0.25, 0.3) is 0 Å². The van der Waals surface area contributed by atoms with E-state index in [0.717, 1.165) is 18.5 Å². The zero-order valence-corrected chi connectivity index (χ0v) is 22.2. The van der Waals surface area contributed by atoms with Crippen molar-refractivity contribution in [1.29, 1.82) is 0 Å². The Bertz CT molecular complexity index is 286. The van der Waals surface area contributed by atoms with Crippen LogP contribution in [-0.4, -0.2) is 23.4 Å². The van der Waals surface area contributed by atoms with Crippen LogP contribution in [0.5, 0.6) is 0 Å². The van der Waals surface area contributed by atoms with Gasteiger partial charge in [-0.3, -0.25) is 4.89 Å². The van der Waals surface area contributed by atoms with Crippen molar-refractivity contribution in [3.05, 3.63) is 0 Å². The molecule has 0 aliphatic carbocycles. The molecule has 0 fully saturated rings. The smallest absolute Gasteiger partial charge is 0.142 e. The van der Waals surface area contributed by atoms with Crippen molar-refractivity contribution in [1.82, 2.24) is 0 Å². The lowest BCUT2D eigenvalue weighted by molar-refractivity contribution is -0.00000758. The predicted molar refractivity (Wildman–Crippen MR) is 133 cm³/mol. The van der Waals surface area contributed by atoms with Crippen LogP contribution in [0.15, 0.2) is 0 Å². The summed E-state index contributed by atoms with van der Waals surface area (Å²) in [5.74, 6) is 0. The number of hydrogen-bond donors (Lipinski definition) is 1. The van der Waals surface area contributed by atoms with Crippen LogP contribution in [0.4, 0.5) is 0 Å². The molecule has 178 valence electrons. The molecule has 0 spiro atoms. The summed E-state index contributed by atoms with van der Waals surface area (Å²) in [7, 11) is -1.63. The highest BCUT2D eigenvalue weighted by Crippen LogP contribution is 2.56. The SMILES string of the molecule is CCCCCCCCCCCCCC[P+](O)(CCCCCC)CCCCCC.[Cl-]. The van der Waals surface area contributed by atoms with Crippen molar-refractivity contribution in [2.45, 2.75) is 149 Å². The molecule has 0 rings (SSSR count). The third-order valence-corrected chi connectivity index (χ3v) is 9.73. The normalized spacial score (nSPS) is 11.6. The van der Waals surface area contributed by atoms with Gasteiger partial charge in [0.1, 0.15) is 7.49 Å². The standard InChI is InChI=1S/C26H56OP.ClH/c1-4-7-10-13-14-15-16-17-18-19-20-23-26-28(27,24-21-11-8-5-2)25-22-12-9-6-3;/h27H,4-26H2,1-3H3;1H/q+1;/p-1. The lowest BCUT2D eigenvalue weighted by Gasteiger charge is -2.20. The van der Waals surface area contributed by atoms with E-state index < -0.39 is 7.49 Å². The lowest BCUT2D eigenvalue weighted by atomic mass is 10.1. The molecule has 0 aliphatic rings. The van der Waals surface area contributed by atoms with Crippen LogP contribution in [-0.2, 0) is 0 Å². The van der Waals surface area contributed by atoms with Gasteiger partial charge in [0.05, 0.1) is 18.5 Å². The molecule has 0 aromatic carbocycles. The number of rotatable bonds is 23. The van der Waals surface area contributed by atoms with E-state index in [9.17, 15) is 4.89 Å². The Morgan fingerprint density at radius 2 is 0.586 bits per heavy atom. The summed E-state index contributed by atoms with van der Waals surface area (Å²) in [6.07, 6.45) is 30.8. The highest BCUT2D eigenvalue weighted by molar-refractivity contribution is 7.70. The van der Waals surface area contributed by atoms with Crippen molar-refractivity contribution in [2.24, 2.45) is 0 Å². The van der Waals surface area contributed by atoms with Crippen LogP contribution in [0.25, 0.3) is 0 Å². The molecule has 0 bridgehead atoms. The molecule has 0 aromatic heterocycles. The Morgan fingerprint density at radius 3 is 0.862 bits per heavy atom. The van der Waals surface area contributed by atoms with Crippen molar-refractivity contribution in [2.75, 3.05) is 18.5 Å². The summed E-state index contributed by atoms with van der Waals surface area (Å²) in [5, 5.41) is 0. The Labute approximate surface area is 192 Å². The third kappa shape index (κ3) is 23.2. The minimum atomic E-state index is -1.63. The van der Waals surface area contributed by atoms with Crippen LogP contribution in [0.3, 0.4) is 0 Å². The minimum absolute atomic E-state index is 0. The van der Waals surface area contributed by atoms with E-state index >= 15 is 0 Å². The maximum absolute atomic E-state index is 11.3. The van der Waals surface area contributed by atoms with Gasteiger partial charge in [0.2, 0.25) is 0 Å². The van der Waals surface area contributed by atoms with Gasteiger partial charge in [-0.1, -0.05) is 111 Å². The molecule has 0 atom stereocenters. The van der Waals surface area contributed by atoms with E-state index in [1.165, 1.54) is 128 Å². The van der Waals surface area contributed by atoms with Crippen LogP contribution in [0.1, 0.15) is 149 Å². The van der Waals surface area contributed by atoms with E-state index in [4.69, 9.17) is 0 Å². The second-order valence-electron chi connectivity index (χ2n) is 9.28. The Hall–Kier alpha value is 0.680. The highest BCUT2D eigenvalue weighted by atomic mass is 35.5. The van der Waals surface area contributed by atoms with E-state index in [1.54, 1.807) is 0 Å². The van der Waals surface area contributed by atoms with Crippen molar-refractivity contribution in [3.63, 3.8) is 0 Å². The molecule has 0 aromatic rings. The van der Waals surface area contributed by atoms with E-state index in [2.05, 4.69) is 20.8 Å². The first-order valence-electron chi connectivity index (χ1n) is 13.3. The quantitative estimate of drug-likeness (QED) is 0.134. The Morgan fingerprint density at radius 1 is 0.379 bits per heavy atom. The lowest BCUT2D eigenvalue weighted by Crippen LogP contribution is -3.00. The summed E-state index contributed by atoms with van der Waals surface area (Å²) in [6.45, 7) is 6.85. The van der Waals surface area contributed by atoms with Gasteiger partial charge in [-0.15, -0.1) is 0 Å². The van der Waals surface area contributed by atoms with Crippen LogP contribution in [0.2, 0.25) is 0 Å². The molecule has 0 saturated carbocycles. The molecular formula is C26H56ClOP. The van der Waals surface area contributed by atoms with Gasteiger partial charge < -0.3 is 12.4 Å². The third-order valence-electron chi connectivity index (χ3n) is 6.28. The van der Waals surface area contributed by atoms with Gasteiger partial charge in [-0.2, -0.15) is 0 Å². The zero-order valence-electron chi connectivity index (χ0n) is 20.5. The summed E-state index contributed by atoms with van der Waals surface area (Å²) < 4.78 is 0. The topological polar surface area (TPSA) is 20.2 Å². The number of unbranched alkanes of at least 4 members (excludes halogenated alkanes) is 17. The molecule has 0 heterocycles. The first-order valence-corrected chi connectivity index (χ1v) is 15.6. The summed E-state index contributed by atoms with van der Waals surface area (Å²) in [4.78, 5) is 11.3. The first kappa shape index (κ1) is 31.9. The molecule has 1 N–H and O–H groups in total. The second kappa shape index (κ2) is 24.9. The molecule has 3 heteroatoms. The molecule has 0 saturated heterocycles. The van der Waals surface area contributed by atoms with E-state index in [1.807, 2.05) is 0 Å². The minimum Gasteiger partial charge on any atom is -1.00 e. The first-order chi connectivity index (χ1) is 13.7. The van der Waals surface area contributed by atoms with Gasteiger partial charge in [0.15, 0.2) is 0 Å². The van der Waals surface area contributed by atoms with Gasteiger partial charge in [-0.25, -0.2) is 0 Å². The van der Waals surface area contributed by atoms with Crippen molar-refractivity contribution in [3.8, 4) is 0 Å². The number of halogens is 1. The summed E-state index contributed by atoms with van der Waals surface area (Å²) >= 11 is 0. The fourth-order valence-electron chi connectivity index (χ4n) is 4.25. The fraction of sp³-hybridized carbons (Fsp3) is 1.00. The van der Waals surface area contributed by atoms with Crippen LogP contribution < -0.4 is 12.4 Å². The molecule has 29 heavy (non-hydrogen) atoms. The average molecular weight is 451 g/mol. The van der Waals surface area contributed by atoms with E-state index in [-0.39, 0.29) is 12.4 Å². The molecule has 1 nitrogen and oxygen atoms in total. The molecule has 0 unspecified atom stereocenters. The van der Waals surface area contributed by atoms with Crippen LogP contribution >= 0.6 is 7.49 Å². The highest BCUT2D eigenvalue weighted by Gasteiger charge is 2.33. The molecule has 0 amide bonds. The molecule has 0 aliphatic heterocycles. The van der Waals surface area contributed by atoms with Crippen molar-refractivity contribution >= 4 is 7.49 Å². The molecular weight excluding hydrogens is 395 g/mol. The second-order valence-corrected chi connectivity index (χ2v) is 12.8. The molecule has 0 radical (unpaired) electrons. The summed E-state index contributed by atoms with van der Waals surface area (Å²) in [6, 6.07) is 0. The van der Waals surface area contributed by atoms with Gasteiger partial charge in [-0.05, 0) is 38.5 Å². The average Bonchev–Trinajstić information content (AvgIpc) is 2.70. The fourth-order valence-corrected chi connectivity index (χ4v) is 7.36. The maximum Gasteiger partial charge on any atom is 0.142 e. The Kier molecular flexibility index (Phi) is 27.4. The monoisotopic (exact) mass is 450 g/mol. The zero-order chi connectivity index (χ0) is 20.8. The Balaban J connectivity index is 0. The van der Waals surface area contributed by atoms with Crippen LogP contribution in [0, 0.1) is 0 Å². The largest absolute Gasteiger partial charge is 1.00 e. The summed E-state index contributed by atoms with van der Waals surface area (Å²) in [5.41, 5.74) is 0. The maximum atomic E-state index is 11.3. The van der Waals surface area contributed by atoms with Gasteiger partial charge >= 0.3 is 0 Å². The van der Waals surface area contributed by atoms with Crippen molar-refractivity contribution < 1.29 is 17.3 Å². The van der Waals surface area contributed by atoms with E-state index in [0.29, 0.717) is 0 Å². The number of hydrogen-bond acceptors (Lipinski definition) is 1.